The van der Waals surface area contributed by atoms with Crippen LogP contribution in [0.1, 0.15) is 18.2 Å². The molecular weight excluding hydrogens is 200 g/mol. The Kier molecular flexibility index (Phi) is 3.37. The van der Waals surface area contributed by atoms with Crippen molar-refractivity contribution in [2.75, 3.05) is 6.54 Å². The van der Waals surface area contributed by atoms with Gasteiger partial charge in [-0.1, -0.05) is 36.3 Å². The fraction of sp³-hybridized carbons (Fsp3) is 0.308. The van der Waals surface area contributed by atoms with Gasteiger partial charge in [0.1, 0.15) is 0 Å². The van der Waals surface area contributed by atoms with Crippen LogP contribution in [0.25, 0.3) is 11.3 Å². The van der Waals surface area contributed by atoms with Gasteiger partial charge < -0.3 is 10.3 Å². The number of rotatable bonds is 4. The third kappa shape index (κ3) is 2.31. The van der Waals surface area contributed by atoms with E-state index in [1.807, 2.05) is 6.07 Å². The van der Waals surface area contributed by atoms with E-state index in [0.717, 1.165) is 29.9 Å². The summed E-state index contributed by atoms with van der Waals surface area (Å²) < 4.78 is 5.27. The van der Waals surface area contributed by atoms with Crippen LogP contribution in [-0.2, 0) is 12.8 Å². The lowest BCUT2D eigenvalue weighted by Crippen LogP contribution is -2.02. The molecule has 0 aliphatic carbocycles. The molecule has 2 rings (SSSR count). The zero-order valence-electron chi connectivity index (χ0n) is 9.44. The molecule has 2 aromatic rings. The molecule has 0 aliphatic rings. The summed E-state index contributed by atoms with van der Waals surface area (Å²) in [6.45, 7) is 2.74. The molecule has 0 fully saturated rings. The largest absolute Gasteiger partial charge is 0.356 e. The average molecular weight is 216 g/mol. The van der Waals surface area contributed by atoms with Crippen molar-refractivity contribution in [3.63, 3.8) is 0 Å². The highest BCUT2D eigenvalue weighted by molar-refractivity contribution is 5.57. The molecule has 0 saturated carbocycles. The Morgan fingerprint density at radius 2 is 2.00 bits per heavy atom. The summed E-state index contributed by atoms with van der Waals surface area (Å²) in [7, 11) is 0. The molecule has 3 heteroatoms. The first-order valence-corrected chi connectivity index (χ1v) is 5.58. The van der Waals surface area contributed by atoms with Gasteiger partial charge in [0.15, 0.2) is 5.76 Å². The third-order valence-corrected chi connectivity index (χ3v) is 2.61. The van der Waals surface area contributed by atoms with Crippen LogP contribution in [0.5, 0.6) is 0 Å². The number of nitrogens with zero attached hydrogens (tertiary/aromatic N) is 1. The lowest BCUT2D eigenvalue weighted by molar-refractivity contribution is 0.423. The molecule has 16 heavy (non-hydrogen) atoms. The van der Waals surface area contributed by atoms with Gasteiger partial charge in [-0.2, -0.15) is 0 Å². The Morgan fingerprint density at radius 1 is 1.25 bits per heavy atom. The van der Waals surface area contributed by atoms with Crippen LogP contribution in [0.3, 0.4) is 0 Å². The van der Waals surface area contributed by atoms with E-state index < -0.39 is 0 Å². The van der Waals surface area contributed by atoms with Crippen LogP contribution in [0.15, 0.2) is 34.9 Å². The molecule has 0 spiro atoms. The second kappa shape index (κ2) is 4.94. The first kappa shape index (κ1) is 10.9. The highest BCUT2D eigenvalue weighted by atomic mass is 16.5. The normalized spacial score (nSPS) is 10.6. The summed E-state index contributed by atoms with van der Waals surface area (Å²) in [5, 5.41) is 3.97. The SMILES string of the molecule is CCc1ccc(-c2cc(CCN)no2)cc1. The molecule has 2 N–H and O–H groups in total. The van der Waals surface area contributed by atoms with Crippen molar-refractivity contribution in [2.24, 2.45) is 5.73 Å². The molecule has 0 radical (unpaired) electrons. The van der Waals surface area contributed by atoms with Gasteiger partial charge >= 0.3 is 0 Å². The van der Waals surface area contributed by atoms with Crippen LogP contribution >= 0.6 is 0 Å². The predicted molar refractivity (Wildman–Crippen MR) is 64.1 cm³/mol. The summed E-state index contributed by atoms with van der Waals surface area (Å²) in [5.74, 6) is 0.811. The first-order valence-electron chi connectivity index (χ1n) is 5.58. The number of nitrogens with two attached hydrogens (primary N) is 1. The van der Waals surface area contributed by atoms with Crippen molar-refractivity contribution in [1.29, 1.82) is 0 Å². The molecular formula is C13H16N2O. The first-order chi connectivity index (χ1) is 7.83. The van der Waals surface area contributed by atoms with Crippen molar-refractivity contribution in [3.05, 3.63) is 41.6 Å². The summed E-state index contributed by atoms with van der Waals surface area (Å²) in [4.78, 5) is 0. The summed E-state index contributed by atoms with van der Waals surface area (Å²) in [6, 6.07) is 10.3. The molecule has 1 aromatic carbocycles. The van der Waals surface area contributed by atoms with Crippen LogP contribution < -0.4 is 5.73 Å². The minimum absolute atomic E-state index is 0.598. The highest BCUT2D eigenvalue weighted by Crippen LogP contribution is 2.21. The van der Waals surface area contributed by atoms with Crippen molar-refractivity contribution in [3.8, 4) is 11.3 Å². The molecule has 3 nitrogen and oxygen atoms in total. The minimum Gasteiger partial charge on any atom is -0.356 e. The number of aryl methyl sites for hydroxylation is 1. The smallest absolute Gasteiger partial charge is 0.167 e. The number of hydrogen-bond acceptors (Lipinski definition) is 3. The molecule has 0 unspecified atom stereocenters. The fourth-order valence-corrected chi connectivity index (χ4v) is 1.62. The average Bonchev–Trinajstić information content (AvgIpc) is 2.78. The molecule has 1 heterocycles. The lowest BCUT2D eigenvalue weighted by atomic mass is 10.1. The van der Waals surface area contributed by atoms with Crippen LogP contribution in [0, 0.1) is 0 Å². The summed E-state index contributed by atoms with van der Waals surface area (Å²) >= 11 is 0. The van der Waals surface area contributed by atoms with E-state index in [9.17, 15) is 0 Å². The van der Waals surface area contributed by atoms with E-state index >= 15 is 0 Å². The van der Waals surface area contributed by atoms with Crippen LogP contribution in [-0.4, -0.2) is 11.7 Å². The Balaban J connectivity index is 2.21. The van der Waals surface area contributed by atoms with Gasteiger partial charge in [0.05, 0.1) is 5.69 Å². The summed E-state index contributed by atoms with van der Waals surface area (Å²) in [6.07, 6.45) is 1.81. The van der Waals surface area contributed by atoms with Crippen molar-refractivity contribution >= 4 is 0 Å². The van der Waals surface area contributed by atoms with Crippen molar-refractivity contribution in [2.45, 2.75) is 19.8 Å². The third-order valence-electron chi connectivity index (χ3n) is 2.61. The van der Waals surface area contributed by atoms with Gasteiger partial charge in [0.25, 0.3) is 0 Å². The summed E-state index contributed by atoms with van der Waals surface area (Å²) in [5.41, 5.74) is 8.77. The molecule has 0 bridgehead atoms. The van der Waals surface area contributed by atoms with Crippen molar-refractivity contribution < 1.29 is 4.52 Å². The molecule has 0 saturated heterocycles. The topological polar surface area (TPSA) is 52.0 Å². The maximum atomic E-state index is 5.46. The zero-order valence-corrected chi connectivity index (χ0v) is 9.44. The molecule has 84 valence electrons. The van der Waals surface area contributed by atoms with Gasteiger partial charge in [-0.3, -0.25) is 0 Å². The van der Waals surface area contributed by atoms with Crippen LogP contribution in [0.2, 0.25) is 0 Å². The standard InChI is InChI=1S/C13H16N2O/c1-2-10-3-5-11(6-4-10)13-9-12(7-8-14)15-16-13/h3-6,9H,2,7-8,14H2,1H3. The minimum atomic E-state index is 0.598. The number of hydrogen-bond donors (Lipinski definition) is 1. The van der Waals surface area contributed by atoms with Crippen molar-refractivity contribution in [1.82, 2.24) is 5.16 Å². The van der Waals surface area contributed by atoms with Gasteiger partial charge in [-0.05, 0) is 18.5 Å². The zero-order chi connectivity index (χ0) is 11.4. The lowest BCUT2D eigenvalue weighted by Gasteiger charge is -1.97. The van der Waals surface area contributed by atoms with Gasteiger partial charge in [-0.25, -0.2) is 0 Å². The Morgan fingerprint density at radius 3 is 2.62 bits per heavy atom. The predicted octanol–water partition coefficient (Wildman–Crippen LogP) is 2.41. The second-order valence-corrected chi connectivity index (χ2v) is 3.77. The van der Waals surface area contributed by atoms with Gasteiger partial charge in [-0.15, -0.1) is 0 Å². The van der Waals surface area contributed by atoms with Crippen LogP contribution in [0.4, 0.5) is 0 Å². The second-order valence-electron chi connectivity index (χ2n) is 3.77. The van der Waals surface area contributed by atoms with E-state index in [2.05, 4.69) is 36.3 Å². The number of benzene rings is 1. The van der Waals surface area contributed by atoms with Gasteiger partial charge in [0, 0.05) is 18.1 Å². The molecule has 0 atom stereocenters. The van der Waals surface area contributed by atoms with E-state index in [-0.39, 0.29) is 0 Å². The van der Waals surface area contributed by atoms with E-state index in [1.165, 1.54) is 5.56 Å². The highest BCUT2D eigenvalue weighted by Gasteiger charge is 2.05. The maximum absolute atomic E-state index is 5.46. The van der Waals surface area contributed by atoms with E-state index in [4.69, 9.17) is 10.3 Å². The maximum Gasteiger partial charge on any atom is 0.167 e. The Hall–Kier alpha value is -1.61. The van der Waals surface area contributed by atoms with Gasteiger partial charge in [0.2, 0.25) is 0 Å². The Bertz CT molecular complexity index is 445. The fourth-order valence-electron chi connectivity index (χ4n) is 1.62. The van der Waals surface area contributed by atoms with E-state index in [0.29, 0.717) is 6.54 Å². The molecule has 0 aliphatic heterocycles. The number of aromatic nitrogens is 1. The molecule has 1 aromatic heterocycles. The monoisotopic (exact) mass is 216 g/mol. The quantitative estimate of drug-likeness (QED) is 0.853. The Labute approximate surface area is 95.3 Å². The molecule has 0 amide bonds. The van der Waals surface area contributed by atoms with E-state index in [1.54, 1.807) is 0 Å².